The van der Waals surface area contributed by atoms with Crippen molar-refractivity contribution < 1.29 is 4.79 Å². The van der Waals surface area contributed by atoms with Gasteiger partial charge in [0, 0.05) is 20.3 Å². The molecule has 21 heavy (non-hydrogen) atoms. The summed E-state index contributed by atoms with van der Waals surface area (Å²) in [4.78, 5) is 13.5. The Morgan fingerprint density at radius 3 is 2.57 bits per heavy atom. The number of benzene rings is 2. The Labute approximate surface area is 138 Å². The van der Waals surface area contributed by atoms with Gasteiger partial charge in [-0.15, -0.1) is 11.8 Å². The predicted octanol–water partition coefficient (Wildman–Crippen LogP) is 5.51. The largest absolute Gasteiger partial charge is 0.322 e. The topological polar surface area (TPSA) is 29.1 Å². The van der Waals surface area contributed by atoms with Crippen molar-refractivity contribution in [3.05, 3.63) is 58.1 Å². The number of hydrogen-bond donors (Lipinski definition) is 1. The summed E-state index contributed by atoms with van der Waals surface area (Å²) in [5, 5.41) is 3.43. The summed E-state index contributed by atoms with van der Waals surface area (Å²) in [6, 6.07) is 13.6. The summed E-state index contributed by atoms with van der Waals surface area (Å²) >= 11 is 5.13. The molecule has 2 rings (SSSR count). The second kappa shape index (κ2) is 7.14. The van der Waals surface area contributed by atoms with Gasteiger partial charge in [0.15, 0.2) is 0 Å². The third kappa shape index (κ3) is 4.35. The maximum Gasteiger partial charge on any atom is 0.256 e. The van der Waals surface area contributed by atoms with Gasteiger partial charge in [0.25, 0.3) is 5.91 Å². The van der Waals surface area contributed by atoms with Crippen molar-refractivity contribution >= 4 is 39.3 Å². The average Bonchev–Trinajstić information content (AvgIpc) is 2.42. The first-order valence-corrected chi connectivity index (χ1v) is 8.48. The lowest BCUT2D eigenvalue weighted by molar-refractivity contribution is 0.102. The maximum atomic E-state index is 12.5. The van der Waals surface area contributed by atoms with E-state index in [2.05, 4.69) is 35.1 Å². The van der Waals surface area contributed by atoms with E-state index in [1.165, 1.54) is 0 Å². The Bertz CT molecular complexity index is 655. The van der Waals surface area contributed by atoms with Gasteiger partial charge in [-0.2, -0.15) is 0 Å². The predicted molar refractivity (Wildman–Crippen MR) is 94.3 cm³/mol. The van der Waals surface area contributed by atoms with Crippen molar-refractivity contribution in [2.45, 2.75) is 30.9 Å². The van der Waals surface area contributed by atoms with Crippen LogP contribution >= 0.6 is 27.7 Å². The van der Waals surface area contributed by atoms with Gasteiger partial charge in [0.05, 0.1) is 5.56 Å². The van der Waals surface area contributed by atoms with Crippen LogP contribution in [0, 0.1) is 6.92 Å². The smallest absolute Gasteiger partial charge is 0.256 e. The molecule has 1 amide bonds. The molecule has 0 heterocycles. The van der Waals surface area contributed by atoms with Crippen LogP contribution in [0.25, 0.3) is 0 Å². The quantitative estimate of drug-likeness (QED) is 0.725. The highest BCUT2D eigenvalue weighted by Crippen LogP contribution is 2.28. The molecule has 4 heteroatoms. The lowest BCUT2D eigenvalue weighted by Crippen LogP contribution is -2.14. The number of carbonyl (C=O) groups is 1. The number of thioether (sulfide) groups is 1. The first-order valence-electron chi connectivity index (χ1n) is 6.80. The molecule has 110 valence electrons. The van der Waals surface area contributed by atoms with Crippen molar-refractivity contribution in [2.75, 3.05) is 5.32 Å². The molecule has 0 spiro atoms. The summed E-state index contributed by atoms with van der Waals surface area (Å²) in [6.07, 6.45) is 0. The molecule has 1 N–H and O–H groups in total. The van der Waals surface area contributed by atoms with E-state index in [-0.39, 0.29) is 5.91 Å². The lowest BCUT2D eigenvalue weighted by atomic mass is 10.1. The highest BCUT2D eigenvalue weighted by Gasteiger charge is 2.13. The van der Waals surface area contributed by atoms with E-state index >= 15 is 0 Å². The Hall–Kier alpha value is -1.26. The molecule has 0 aliphatic heterocycles. The molecule has 0 atom stereocenters. The number of rotatable bonds is 4. The summed E-state index contributed by atoms with van der Waals surface area (Å²) in [7, 11) is 0. The molecule has 0 bridgehead atoms. The zero-order valence-electron chi connectivity index (χ0n) is 12.3. The molecular weight excluding hydrogens is 346 g/mol. The minimum Gasteiger partial charge on any atom is -0.322 e. The number of halogens is 1. The van der Waals surface area contributed by atoms with E-state index in [0.29, 0.717) is 5.25 Å². The molecule has 0 radical (unpaired) electrons. The highest BCUT2D eigenvalue weighted by atomic mass is 79.9. The van der Waals surface area contributed by atoms with Crippen molar-refractivity contribution in [3.8, 4) is 0 Å². The minimum atomic E-state index is -0.0656. The highest BCUT2D eigenvalue weighted by molar-refractivity contribution is 9.10. The second-order valence-corrected chi connectivity index (χ2v) is 7.61. The number of amides is 1. The van der Waals surface area contributed by atoms with Crippen LogP contribution in [0.3, 0.4) is 0 Å². The van der Waals surface area contributed by atoms with Crippen molar-refractivity contribution in [3.63, 3.8) is 0 Å². The van der Waals surface area contributed by atoms with Crippen molar-refractivity contribution in [2.24, 2.45) is 0 Å². The third-order valence-electron chi connectivity index (χ3n) is 2.93. The van der Waals surface area contributed by atoms with Crippen LogP contribution in [0.4, 0.5) is 5.69 Å². The van der Waals surface area contributed by atoms with Gasteiger partial charge in [0.2, 0.25) is 0 Å². The normalized spacial score (nSPS) is 10.7. The molecule has 0 fully saturated rings. The van der Waals surface area contributed by atoms with E-state index < -0.39 is 0 Å². The van der Waals surface area contributed by atoms with E-state index in [4.69, 9.17) is 0 Å². The van der Waals surface area contributed by atoms with Gasteiger partial charge in [-0.1, -0.05) is 41.9 Å². The molecule has 0 aromatic heterocycles. The maximum absolute atomic E-state index is 12.5. The Balaban J connectivity index is 2.24. The molecular formula is C17H18BrNOS. The fourth-order valence-electron chi connectivity index (χ4n) is 1.97. The first kappa shape index (κ1) is 16.1. The van der Waals surface area contributed by atoms with Crippen molar-refractivity contribution in [1.82, 2.24) is 0 Å². The number of nitrogens with one attached hydrogen (secondary N) is 1. The van der Waals surface area contributed by atoms with E-state index in [9.17, 15) is 4.79 Å². The van der Waals surface area contributed by atoms with Gasteiger partial charge < -0.3 is 5.32 Å². The third-order valence-corrected chi connectivity index (χ3v) is 4.51. The van der Waals surface area contributed by atoms with E-state index in [1.54, 1.807) is 11.8 Å². The van der Waals surface area contributed by atoms with Crippen molar-refractivity contribution in [1.29, 1.82) is 0 Å². The van der Waals surface area contributed by atoms with E-state index in [0.717, 1.165) is 26.2 Å². The minimum absolute atomic E-state index is 0.0656. The molecule has 0 aliphatic carbocycles. The monoisotopic (exact) mass is 363 g/mol. The lowest BCUT2D eigenvalue weighted by Gasteiger charge is -2.13. The van der Waals surface area contributed by atoms with Gasteiger partial charge in [0.1, 0.15) is 0 Å². The van der Waals surface area contributed by atoms with Gasteiger partial charge in [-0.05, 0) is 42.8 Å². The fourth-order valence-corrected chi connectivity index (χ4v) is 3.40. The van der Waals surface area contributed by atoms with Crippen LogP contribution < -0.4 is 5.32 Å². The molecule has 2 aromatic rings. The molecule has 0 saturated carbocycles. The van der Waals surface area contributed by atoms with Crippen LogP contribution in [-0.2, 0) is 0 Å². The van der Waals surface area contributed by atoms with Crippen LogP contribution in [0.15, 0.2) is 51.8 Å². The molecule has 0 unspecified atom stereocenters. The zero-order chi connectivity index (χ0) is 15.4. The summed E-state index contributed by atoms with van der Waals surface area (Å²) in [5.41, 5.74) is 2.60. The Morgan fingerprint density at radius 2 is 1.90 bits per heavy atom. The first-order chi connectivity index (χ1) is 9.97. The second-order valence-electron chi connectivity index (χ2n) is 5.08. The number of aryl methyl sites for hydroxylation is 1. The number of hydrogen-bond acceptors (Lipinski definition) is 2. The number of carbonyl (C=O) groups excluding carboxylic acids is 1. The average molecular weight is 364 g/mol. The van der Waals surface area contributed by atoms with Gasteiger partial charge >= 0.3 is 0 Å². The fraction of sp³-hybridized carbons (Fsp3) is 0.235. The number of anilines is 1. The van der Waals surface area contributed by atoms with Crippen LogP contribution in [0.5, 0.6) is 0 Å². The Kier molecular flexibility index (Phi) is 5.48. The molecule has 0 saturated heterocycles. The zero-order valence-corrected chi connectivity index (χ0v) is 14.7. The summed E-state index contributed by atoms with van der Waals surface area (Å²) < 4.78 is 1.01. The molecule has 2 nitrogen and oxygen atoms in total. The Morgan fingerprint density at radius 1 is 1.19 bits per heavy atom. The molecule has 2 aromatic carbocycles. The summed E-state index contributed by atoms with van der Waals surface area (Å²) in [5.74, 6) is -0.0656. The summed E-state index contributed by atoms with van der Waals surface area (Å²) in [6.45, 7) is 6.23. The standard InChI is InChI=1S/C17H18BrNOS/c1-11(2)21-16-7-5-4-6-14(16)17(20)19-15-9-8-13(18)10-12(15)3/h4-11H,1-3H3,(H,19,20). The van der Waals surface area contributed by atoms with Crippen LogP contribution in [-0.4, -0.2) is 11.2 Å². The van der Waals surface area contributed by atoms with Gasteiger partial charge in [-0.25, -0.2) is 0 Å². The van der Waals surface area contributed by atoms with Crippen LogP contribution in [0.2, 0.25) is 0 Å². The SMILES string of the molecule is Cc1cc(Br)ccc1NC(=O)c1ccccc1SC(C)C. The molecule has 0 aliphatic rings. The van der Waals surface area contributed by atoms with Gasteiger partial charge in [-0.3, -0.25) is 4.79 Å². The van der Waals surface area contributed by atoms with Crippen LogP contribution in [0.1, 0.15) is 29.8 Å². The van der Waals surface area contributed by atoms with E-state index in [1.807, 2.05) is 49.4 Å².